The lowest BCUT2D eigenvalue weighted by Gasteiger charge is -2.36. The van der Waals surface area contributed by atoms with E-state index in [0.717, 1.165) is 54.7 Å². The zero-order chi connectivity index (χ0) is 14.4. The molecule has 2 saturated heterocycles. The van der Waals surface area contributed by atoms with Crippen LogP contribution in [0.3, 0.4) is 0 Å². The number of halogens is 1. The van der Waals surface area contributed by atoms with Crippen molar-refractivity contribution in [2.45, 2.75) is 18.7 Å². The molecule has 1 aromatic carbocycles. The maximum atomic E-state index is 6.06. The Labute approximate surface area is 128 Å². The van der Waals surface area contributed by atoms with E-state index in [1.165, 1.54) is 0 Å². The summed E-state index contributed by atoms with van der Waals surface area (Å²) in [6.07, 6.45) is 0.322. The molecule has 1 aromatic heterocycles. The SMILES string of the molecule is Cn1c(CN2CCO[C@@H]3CNC[C@@H]32)nc2cc(Cl)ccc21. The van der Waals surface area contributed by atoms with Gasteiger partial charge in [0, 0.05) is 31.7 Å². The molecule has 0 spiro atoms. The maximum absolute atomic E-state index is 6.06. The fraction of sp³-hybridized carbons (Fsp3) is 0.533. The topological polar surface area (TPSA) is 42.3 Å². The number of benzene rings is 1. The third-order valence-electron chi connectivity index (χ3n) is 4.59. The van der Waals surface area contributed by atoms with Gasteiger partial charge in [-0.1, -0.05) is 11.6 Å². The molecule has 5 nitrogen and oxygen atoms in total. The number of ether oxygens (including phenoxy) is 1. The Morgan fingerprint density at radius 3 is 3.24 bits per heavy atom. The Morgan fingerprint density at radius 2 is 2.33 bits per heavy atom. The minimum Gasteiger partial charge on any atom is -0.374 e. The third kappa shape index (κ3) is 2.34. The lowest BCUT2D eigenvalue weighted by atomic mass is 10.1. The molecule has 4 rings (SSSR count). The van der Waals surface area contributed by atoms with Crippen LogP contribution in [-0.4, -0.2) is 52.8 Å². The molecule has 0 bridgehead atoms. The van der Waals surface area contributed by atoms with E-state index in [-0.39, 0.29) is 0 Å². The number of morpholine rings is 1. The molecule has 21 heavy (non-hydrogen) atoms. The number of hydrogen-bond acceptors (Lipinski definition) is 4. The molecule has 0 amide bonds. The molecular formula is C15H19ClN4O. The zero-order valence-electron chi connectivity index (χ0n) is 12.1. The lowest BCUT2D eigenvalue weighted by molar-refractivity contribution is -0.0510. The van der Waals surface area contributed by atoms with Gasteiger partial charge < -0.3 is 14.6 Å². The number of aromatic nitrogens is 2. The predicted molar refractivity (Wildman–Crippen MR) is 82.5 cm³/mol. The van der Waals surface area contributed by atoms with Crippen molar-refractivity contribution >= 4 is 22.6 Å². The van der Waals surface area contributed by atoms with E-state index in [9.17, 15) is 0 Å². The number of hydrogen-bond donors (Lipinski definition) is 1. The second-order valence-electron chi connectivity index (χ2n) is 5.83. The Balaban J connectivity index is 1.63. The Morgan fingerprint density at radius 1 is 1.43 bits per heavy atom. The van der Waals surface area contributed by atoms with Crippen molar-refractivity contribution in [2.24, 2.45) is 7.05 Å². The molecule has 0 saturated carbocycles. The first-order valence-corrected chi connectivity index (χ1v) is 7.77. The molecule has 2 aliphatic heterocycles. The molecule has 112 valence electrons. The van der Waals surface area contributed by atoms with Crippen molar-refractivity contribution in [1.82, 2.24) is 19.8 Å². The molecule has 0 unspecified atom stereocenters. The van der Waals surface area contributed by atoms with Crippen molar-refractivity contribution in [3.8, 4) is 0 Å². The fourth-order valence-electron chi connectivity index (χ4n) is 3.40. The molecule has 0 aliphatic carbocycles. The first-order valence-electron chi connectivity index (χ1n) is 7.39. The second kappa shape index (κ2) is 5.25. The quantitative estimate of drug-likeness (QED) is 0.911. The molecular weight excluding hydrogens is 288 g/mol. The maximum Gasteiger partial charge on any atom is 0.123 e. The van der Waals surface area contributed by atoms with Crippen molar-refractivity contribution in [3.63, 3.8) is 0 Å². The van der Waals surface area contributed by atoms with Gasteiger partial charge in [0.15, 0.2) is 0 Å². The second-order valence-corrected chi connectivity index (χ2v) is 6.26. The van der Waals surface area contributed by atoms with Crippen LogP contribution < -0.4 is 5.32 Å². The summed E-state index contributed by atoms with van der Waals surface area (Å²) in [6, 6.07) is 6.34. The zero-order valence-corrected chi connectivity index (χ0v) is 12.8. The predicted octanol–water partition coefficient (Wildman–Crippen LogP) is 1.40. The summed E-state index contributed by atoms with van der Waals surface area (Å²) in [7, 11) is 2.07. The molecule has 2 aliphatic rings. The number of nitrogens with zero attached hydrogens (tertiary/aromatic N) is 3. The van der Waals surface area contributed by atoms with Gasteiger partial charge in [-0.15, -0.1) is 0 Å². The van der Waals surface area contributed by atoms with Gasteiger partial charge >= 0.3 is 0 Å². The summed E-state index contributed by atoms with van der Waals surface area (Å²) in [6.45, 7) is 4.58. The summed E-state index contributed by atoms with van der Waals surface area (Å²) < 4.78 is 7.99. The molecule has 2 aromatic rings. The van der Waals surface area contributed by atoms with E-state index in [1.54, 1.807) is 0 Å². The van der Waals surface area contributed by atoms with E-state index in [0.29, 0.717) is 12.1 Å². The van der Waals surface area contributed by atoms with Gasteiger partial charge in [0.1, 0.15) is 5.82 Å². The van der Waals surface area contributed by atoms with E-state index >= 15 is 0 Å². The Hall–Kier alpha value is -1.14. The van der Waals surface area contributed by atoms with Crippen molar-refractivity contribution < 1.29 is 4.74 Å². The largest absolute Gasteiger partial charge is 0.374 e. The highest BCUT2D eigenvalue weighted by Crippen LogP contribution is 2.23. The molecule has 1 N–H and O–H groups in total. The first kappa shape index (κ1) is 13.5. The number of imidazole rings is 1. The molecule has 2 fully saturated rings. The van der Waals surface area contributed by atoms with Crippen LogP contribution in [0.4, 0.5) is 0 Å². The van der Waals surface area contributed by atoms with E-state index in [4.69, 9.17) is 21.3 Å². The smallest absolute Gasteiger partial charge is 0.123 e. The van der Waals surface area contributed by atoms with Crippen molar-refractivity contribution in [3.05, 3.63) is 29.0 Å². The minimum atomic E-state index is 0.322. The normalized spacial score (nSPS) is 26.4. The van der Waals surface area contributed by atoms with E-state index in [2.05, 4.69) is 21.8 Å². The average molecular weight is 307 g/mol. The minimum absolute atomic E-state index is 0.322. The van der Waals surface area contributed by atoms with Crippen molar-refractivity contribution in [1.29, 1.82) is 0 Å². The number of aryl methyl sites for hydroxylation is 1. The Bertz CT molecular complexity index is 671. The van der Waals surface area contributed by atoms with Gasteiger partial charge in [0.2, 0.25) is 0 Å². The van der Waals surface area contributed by atoms with E-state index in [1.807, 2.05) is 18.2 Å². The highest BCUT2D eigenvalue weighted by Gasteiger charge is 2.36. The summed E-state index contributed by atoms with van der Waals surface area (Å²) in [5.41, 5.74) is 2.10. The van der Waals surface area contributed by atoms with Gasteiger partial charge in [-0.3, -0.25) is 4.90 Å². The summed E-state index contributed by atoms with van der Waals surface area (Å²) in [5, 5.41) is 4.15. The first-order chi connectivity index (χ1) is 10.2. The summed E-state index contributed by atoms with van der Waals surface area (Å²) in [4.78, 5) is 7.24. The van der Waals surface area contributed by atoms with Crippen LogP contribution in [0.1, 0.15) is 5.82 Å². The number of fused-ring (bicyclic) bond motifs is 2. The van der Waals surface area contributed by atoms with Gasteiger partial charge in [0.05, 0.1) is 36.3 Å². The van der Waals surface area contributed by atoms with E-state index < -0.39 is 0 Å². The molecule has 3 heterocycles. The van der Waals surface area contributed by atoms with Gasteiger partial charge in [-0.05, 0) is 18.2 Å². The standard InChI is InChI=1S/C15H19ClN4O/c1-19-12-3-2-10(16)6-11(12)18-15(19)9-20-4-5-21-14-8-17-7-13(14)20/h2-3,6,13-14,17H,4-5,7-9H2,1H3/t13-,14+/m0/s1. The highest BCUT2D eigenvalue weighted by atomic mass is 35.5. The monoisotopic (exact) mass is 306 g/mol. The van der Waals surface area contributed by atoms with Gasteiger partial charge in [-0.2, -0.15) is 0 Å². The highest BCUT2D eigenvalue weighted by molar-refractivity contribution is 6.31. The van der Waals surface area contributed by atoms with Gasteiger partial charge in [0.25, 0.3) is 0 Å². The average Bonchev–Trinajstić information content (AvgIpc) is 3.05. The van der Waals surface area contributed by atoms with Crippen molar-refractivity contribution in [2.75, 3.05) is 26.2 Å². The molecule has 0 radical (unpaired) electrons. The fourth-order valence-corrected chi connectivity index (χ4v) is 3.57. The van der Waals surface area contributed by atoms with Crippen LogP contribution in [0.15, 0.2) is 18.2 Å². The third-order valence-corrected chi connectivity index (χ3v) is 4.82. The Kier molecular flexibility index (Phi) is 3.38. The van der Waals surface area contributed by atoms with Crippen LogP contribution in [0.25, 0.3) is 11.0 Å². The van der Waals surface area contributed by atoms with Crippen LogP contribution in [0.5, 0.6) is 0 Å². The van der Waals surface area contributed by atoms with Crippen LogP contribution in [0.2, 0.25) is 5.02 Å². The molecule has 2 atom stereocenters. The number of nitrogens with one attached hydrogen (secondary N) is 1. The molecule has 6 heteroatoms. The van der Waals surface area contributed by atoms with Crippen LogP contribution in [-0.2, 0) is 18.3 Å². The summed E-state index contributed by atoms with van der Waals surface area (Å²) >= 11 is 6.06. The van der Waals surface area contributed by atoms with Crippen LogP contribution >= 0.6 is 11.6 Å². The lowest BCUT2D eigenvalue weighted by Crippen LogP contribution is -2.50. The van der Waals surface area contributed by atoms with Crippen LogP contribution in [0, 0.1) is 0 Å². The number of rotatable bonds is 2. The van der Waals surface area contributed by atoms with Gasteiger partial charge in [-0.25, -0.2) is 4.98 Å². The summed E-state index contributed by atoms with van der Waals surface area (Å²) in [5.74, 6) is 1.08.